The molecule has 0 atom stereocenters. The Morgan fingerprint density at radius 2 is 1.85 bits per heavy atom. The van der Waals surface area contributed by atoms with E-state index in [1.165, 1.54) is 10.4 Å². The van der Waals surface area contributed by atoms with Crippen LogP contribution in [0.4, 0.5) is 5.69 Å². The first kappa shape index (κ1) is 14.2. The standard InChI is InChI=1S/C14H11Cl3N2S/c15-8-6-10(16)14(11(17)7-8)19-18-12-2-1-3-13-9(12)4-5-20-13/h4-7,19H,1-3H2/b18-12-. The fourth-order valence-electron chi connectivity index (χ4n) is 2.23. The topological polar surface area (TPSA) is 24.4 Å². The molecule has 2 aromatic rings. The fraction of sp³-hybridized carbons (Fsp3) is 0.214. The minimum atomic E-state index is 0.466. The highest BCUT2D eigenvalue weighted by Crippen LogP contribution is 2.34. The number of hydrogen-bond acceptors (Lipinski definition) is 3. The average Bonchev–Trinajstić information content (AvgIpc) is 2.86. The van der Waals surface area contributed by atoms with Crippen LogP contribution in [0.5, 0.6) is 0 Å². The van der Waals surface area contributed by atoms with Crippen molar-refractivity contribution in [1.29, 1.82) is 0 Å². The highest BCUT2D eigenvalue weighted by molar-refractivity contribution is 7.10. The average molecular weight is 346 g/mol. The molecule has 3 rings (SSSR count). The van der Waals surface area contributed by atoms with E-state index in [9.17, 15) is 0 Å². The summed E-state index contributed by atoms with van der Waals surface area (Å²) in [6.07, 6.45) is 3.21. The van der Waals surface area contributed by atoms with Gasteiger partial charge < -0.3 is 0 Å². The molecule has 1 aromatic carbocycles. The summed E-state index contributed by atoms with van der Waals surface area (Å²) in [6.45, 7) is 0. The SMILES string of the molecule is Clc1cc(Cl)c(N/N=C2/CCCc3sccc32)c(Cl)c1. The van der Waals surface area contributed by atoms with E-state index in [1.807, 2.05) is 0 Å². The van der Waals surface area contributed by atoms with E-state index in [-0.39, 0.29) is 0 Å². The summed E-state index contributed by atoms with van der Waals surface area (Å²) in [5, 5.41) is 8.03. The van der Waals surface area contributed by atoms with Crippen LogP contribution in [0.2, 0.25) is 15.1 Å². The van der Waals surface area contributed by atoms with Gasteiger partial charge in [-0.25, -0.2) is 0 Å². The Kier molecular flexibility index (Phi) is 4.22. The first-order valence-corrected chi connectivity index (χ1v) is 8.20. The lowest BCUT2D eigenvalue weighted by atomic mass is 9.97. The van der Waals surface area contributed by atoms with Gasteiger partial charge in [0.25, 0.3) is 0 Å². The molecule has 0 aliphatic heterocycles. The van der Waals surface area contributed by atoms with Crippen LogP contribution in [-0.4, -0.2) is 5.71 Å². The minimum Gasteiger partial charge on any atom is -0.275 e. The van der Waals surface area contributed by atoms with Crippen molar-refractivity contribution in [3.8, 4) is 0 Å². The maximum atomic E-state index is 6.13. The lowest BCUT2D eigenvalue weighted by Crippen LogP contribution is -2.11. The number of aryl methyl sites for hydroxylation is 1. The first-order valence-electron chi connectivity index (χ1n) is 6.19. The molecule has 1 aliphatic rings. The molecule has 1 aromatic heterocycles. The molecule has 0 unspecified atom stereocenters. The normalized spacial score (nSPS) is 16.2. The van der Waals surface area contributed by atoms with Gasteiger partial charge in [0.15, 0.2) is 0 Å². The number of hydrogen-bond donors (Lipinski definition) is 1. The summed E-state index contributed by atoms with van der Waals surface area (Å²) in [6, 6.07) is 5.41. The minimum absolute atomic E-state index is 0.466. The Morgan fingerprint density at radius 1 is 1.10 bits per heavy atom. The van der Waals surface area contributed by atoms with Crippen LogP contribution in [-0.2, 0) is 6.42 Å². The third-order valence-corrected chi connectivity index (χ3v) is 4.98. The number of nitrogens with one attached hydrogen (secondary N) is 1. The Balaban J connectivity index is 1.89. The van der Waals surface area contributed by atoms with Crippen molar-refractivity contribution in [2.75, 3.05) is 5.43 Å². The largest absolute Gasteiger partial charge is 0.275 e. The van der Waals surface area contributed by atoms with Crippen molar-refractivity contribution in [2.45, 2.75) is 19.3 Å². The van der Waals surface area contributed by atoms with Crippen molar-refractivity contribution in [2.24, 2.45) is 5.10 Å². The predicted octanol–water partition coefficient (Wildman–Crippen LogP) is 5.86. The summed E-state index contributed by atoms with van der Waals surface area (Å²) in [5.74, 6) is 0. The third kappa shape index (κ3) is 2.82. The number of thiophene rings is 1. The molecule has 0 fully saturated rings. The Hall–Kier alpha value is -0.740. The number of hydrazone groups is 1. The van der Waals surface area contributed by atoms with Gasteiger partial charge in [-0.2, -0.15) is 5.10 Å². The molecule has 20 heavy (non-hydrogen) atoms. The quantitative estimate of drug-likeness (QED) is 0.677. The van der Waals surface area contributed by atoms with Gasteiger partial charge in [0.1, 0.15) is 0 Å². The Morgan fingerprint density at radius 3 is 2.60 bits per heavy atom. The number of fused-ring (bicyclic) bond motifs is 1. The number of rotatable bonds is 2. The highest BCUT2D eigenvalue weighted by Gasteiger charge is 2.17. The molecule has 1 heterocycles. The Bertz CT molecular complexity index is 656. The summed E-state index contributed by atoms with van der Waals surface area (Å²) in [4.78, 5) is 1.39. The van der Waals surface area contributed by atoms with Crippen LogP contribution in [0, 0.1) is 0 Å². The van der Waals surface area contributed by atoms with Crippen molar-refractivity contribution in [3.05, 3.63) is 49.1 Å². The molecule has 1 aliphatic carbocycles. The summed E-state index contributed by atoms with van der Waals surface area (Å²) >= 11 is 19.9. The van der Waals surface area contributed by atoms with E-state index in [4.69, 9.17) is 34.8 Å². The molecule has 1 N–H and O–H groups in total. The van der Waals surface area contributed by atoms with Gasteiger partial charge in [-0.05, 0) is 42.8 Å². The second-order valence-corrected chi connectivity index (χ2v) is 6.78. The molecular formula is C14H11Cl3N2S. The van der Waals surface area contributed by atoms with E-state index in [0.29, 0.717) is 20.8 Å². The second-order valence-electron chi connectivity index (χ2n) is 4.53. The van der Waals surface area contributed by atoms with Gasteiger partial charge in [-0.1, -0.05) is 34.8 Å². The van der Waals surface area contributed by atoms with Crippen molar-refractivity contribution in [1.82, 2.24) is 0 Å². The lowest BCUT2D eigenvalue weighted by molar-refractivity contribution is 0.852. The van der Waals surface area contributed by atoms with Gasteiger partial charge in [-0.3, -0.25) is 5.43 Å². The fourth-order valence-corrected chi connectivity index (χ4v) is 4.08. The Labute approximate surface area is 136 Å². The molecule has 0 amide bonds. The number of benzene rings is 1. The number of nitrogens with zero attached hydrogens (tertiary/aromatic N) is 1. The molecule has 0 radical (unpaired) electrons. The molecule has 0 bridgehead atoms. The lowest BCUT2D eigenvalue weighted by Gasteiger charge is -2.14. The van der Waals surface area contributed by atoms with E-state index in [1.54, 1.807) is 23.5 Å². The van der Waals surface area contributed by atoms with Crippen LogP contribution < -0.4 is 5.43 Å². The molecule has 0 spiro atoms. The zero-order valence-corrected chi connectivity index (χ0v) is 13.5. The van der Waals surface area contributed by atoms with Crippen molar-refractivity contribution in [3.63, 3.8) is 0 Å². The molecule has 6 heteroatoms. The van der Waals surface area contributed by atoms with Crippen molar-refractivity contribution >= 4 is 57.5 Å². The first-order chi connectivity index (χ1) is 9.65. The summed E-state index contributed by atoms with van der Waals surface area (Å²) in [7, 11) is 0. The monoisotopic (exact) mass is 344 g/mol. The molecule has 0 saturated heterocycles. The van der Waals surface area contributed by atoms with E-state index in [0.717, 1.165) is 25.0 Å². The zero-order valence-electron chi connectivity index (χ0n) is 10.4. The molecule has 0 saturated carbocycles. The van der Waals surface area contributed by atoms with E-state index >= 15 is 0 Å². The number of halogens is 3. The van der Waals surface area contributed by atoms with Crippen LogP contribution in [0.1, 0.15) is 23.3 Å². The van der Waals surface area contributed by atoms with Gasteiger partial charge in [0.05, 0.1) is 21.4 Å². The van der Waals surface area contributed by atoms with Gasteiger partial charge in [-0.15, -0.1) is 11.3 Å². The van der Waals surface area contributed by atoms with Crippen LogP contribution in [0.15, 0.2) is 28.7 Å². The number of anilines is 1. The van der Waals surface area contributed by atoms with Crippen molar-refractivity contribution < 1.29 is 0 Å². The molecular weight excluding hydrogens is 335 g/mol. The van der Waals surface area contributed by atoms with Crippen LogP contribution in [0.3, 0.4) is 0 Å². The smallest absolute Gasteiger partial charge is 0.0935 e. The molecule has 104 valence electrons. The molecule has 2 nitrogen and oxygen atoms in total. The predicted molar refractivity (Wildman–Crippen MR) is 88.9 cm³/mol. The van der Waals surface area contributed by atoms with Gasteiger partial charge in [0, 0.05) is 15.5 Å². The zero-order chi connectivity index (χ0) is 14.1. The van der Waals surface area contributed by atoms with Gasteiger partial charge in [0.2, 0.25) is 0 Å². The van der Waals surface area contributed by atoms with Gasteiger partial charge >= 0.3 is 0 Å². The second kappa shape index (κ2) is 5.94. The summed E-state index contributed by atoms with van der Waals surface area (Å²) < 4.78 is 0. The van der Waals surface area contributed by atoms with Crippen LogP contribution >= 0.6 is 46.1 Å². The van der Waals surface area contributed by atoms with E-state index < -0.39 is 0 Å². The summed E-state index contributed by atoms with van der Waals surface area (Å²) in [5.41, 5.74) is 5.85. The third-order valence-electron chi connectivity index (χ3n) is 3.18. The maximum Gasteiger partial charge on any atom is 0.0935 e. The maximum absolute atomic E-state index is 6.13. The highest BCUT2D eigenvalue weighted by atomic mass is 35.5. The van der Waals surface area contributed by atoms with E-state index in [2.05, 4.69) is 22.0 Å². The van der Waals surface area contributed by atoms with Crippen LogP contribution in [0.25, 0.3) is 0 Å².